The molecule has 0 saturated carbocycles. The number of benzene rings is 1. The summed E-state index contributed by atoms with van der Waals surface area (Å²) in [5.41, 5.74) is 7.03. The van der Waals surface area contributed by atoms with Crippen LogP contribution >= 0.6 is 0 Å². The third kappa shape index (κ3) is 4.21. The van der Waals surface area contributed by atoms with Crippen LogP contribution in [0, 0.1) is 5.92 Å². The van der Waals surface area contributed by atoms with Gasteiger partial charge >= 0.3 is 0 Å². The highest BCUT2D eigenvalue weighted by Gasteiger charge is 2.18. The van der Waals surface area contributed by atoms with Gasteiger partial charge in [0.25, 0.3) is 0 Å². The first-order valence-electron chi connectivity index (χ1n) is 7.92. The van der Waals surface area contributed by atoms with Gasteiger partial charge in [-0.05, 0) is 18.8 Å². The lowest BCUT2D eigenvalue weighted by Gasteiger charge is -2.31. The molecule has 0 aromatic heterocycles. The summed E-state index contributed by atoms with van der Waals surface area (Å²) in [6.07, 6.45) is 2.41. The Labute approximate surface area is 138 Å². The van der Waals surface area contributed by atoms with E-state index in [4.69, 9.17) is 19.9 Å². The molecule has 6 nitrogen and oxygen atoms in total. The SMILES string of the molecule is COc1cc(OC)c(CN=C(N)N2CCCC(C)C2)c(OC)c1. The van der Waals surface area contributed by atoms with Crippen molar-refractivity contribution in [3.8, 4) is 17.2 Å². The monoisotopic (exact) mass is 321 g/mol. The maximum Gasteiger partial charge on any atom is 0.191 e. The van der Waals surface area contributed by atoms with Gasteiger partial charge in [0.15, 0.2) is 5.96 Å². The Bertz CT molecular complexity index is 535. The number of nitrogens with zero attached hydrogens (tertiary/aromatic N) is 2. The number of aliphatic imine (C=N–C) groups is 1. The Morgan fingerprint density at radius 2 is 1.87 bits per heavy atom. The number of likely N-dealkylation sites (tertiary alicyclic amines) is 1. The predicted octanol–water partition coefficient (Wildman–Crippen LogP) is 2.26. The van der Waals surface area contributed by atoms with Crippen LogP contribution in [0.15, 0.2) is 17.1 Å². The van der Waals surface area contributed by atoms with E-state index in [1.54, 1.807) is 21.3 Å². The summed E-state index contributed by atoms with van der Waals surface area (Å²) in [5, 5.41) is 0. The maximum absolute atomic E-state index is 6.17. The average Bonchev–Trinajstić information content (AvgIpc) is 2.58. The van der Waals surface area contributed by atoms with E-state index >= 15 is 0 Å². The van der Waals surface area contributed by atoms with Crippen LogP contribution in [-0.4, -0.2) is 45.3 Å². The van der Waals surface area contributed by atoms with Crippen molar-refractivity contribution in [1.82, 2.24) is 4.90 Å². The van der Waals surface area contributed by atoms with Crippen LogP contribution < -0.4 is 19.9 Å². The van der Waals surface area contributed by atoms with Gasteiger partial charge in [-0.3, -0.25) is 0 Å². The standard InChI is InChI=1S/C17H27N3O3/c1-12-6-5-7-20(11-12)17(18)19-10-14-15(22-3)8-13(21-2)9-16(14)23-4/h8-9,12H,5-7,10-11H2,1-4H3,(H2,18,19). The van der Waals surface area contributed by atoms with Crippen LogP contribution in [0.5, 0.6) is 17.2 Å². The summed E-state index contributed by atoms with van der Waals surface area (Å²) in [6.45, 7) is 4.59. The van der Waals surface area contributed by atoms with Gasteiger partial charge in [-0.1, -0.05) is 6.92 Å². The highest BCUT2D eigenvalue weighted by atomic mass is 16.5. The summed E-state index contributed by atoms with van der Waals surface area (Å²) in [7, 11) is 4.86. The third-order valence-corrected chi connectivity index (χ3v) is 4.20. The van der Waals surface area contributed by atoms with Crippen molar-refractivity contribution in [2.24, 2.45) is 16.6 Å². The molecule has 1 fully saturated rings. The Morgan fingerprint density at radius 3 is 2.39 bits per heavy atom. The van der Waals surface area contributed by atoms with Crippen molar-refractivity contribution in [2.75, 3.05) is 34.4 Å². The minimum absolute atomic E-state index is 0.410. The van der Waals surface area contributed by atoms with Crippen LogP contribution in [0.1, 0.15) is 25.3 Å². The molecule has 0 spiro atoms. The van der Waals surface area contributed by atoms with E-state index in [1.165, 1.54) is 6.42 Å². The number of hydrogen-bond donors (Lipinski definition) is 1. The molecule has 0 bridgehead atoms. The van der Waals surface area contributed by atoms with Crippen molar-refractivity contribution >= 4 is 5.96 Å². The van der Waals surface area contributed by atoms with Crippen LogP contribution in [0.3, 0.4) is 0 Å². The fourth-order valence-electron chi connectivity index (χ4n) is 2.89. The van der Waals surface area contributed by atoms with Crippen LogP contribution in [0.2, 0.25) is 0 Å². The van der Waals surface area contributed by atoms with Gasteiger partial charge in [0.1, 0.15) is 17.2 Å². The number of guanidine groups is 1. The molecule has 2 N–H and O–H groups in total. The Morgan fingerprint density at radius 1 is 1.22 bits per heavy atom. The minimum Gasteiger partial charge on any atom is -0.496 e. The summed E-state index contributed by atoms with van der Waals surface area (Å²) < 4.78 is 16.1. The first-order chi connectivity index (χ1) is 11.1. The Balaban J connectivity index is 2.19. The lowest BCUT2D eigenvalue weighted by molar-refractivity contribution is 0.270. The molecule has 0 amide bonds. The predicted molar refractivity (Wildman–Crippen MR) is 91.4 cm³/mol. The zero-order valence-corrected chi connectivity index (χ0v) is 14.5. The molecule has 128 valence electrons. The number of hydrogen-bond acceptors (Lipinski definition) is 4. The molecule has 6 heteroatoms. The maximum atomic E-state index is 6.17. The second-order valence-corrected chi connectivity index (χ2v) is 5.88. The van der Waals surface area contributed by atoms with E-state index in [-0.39, 0.29) is 0 Å². The van der Waals surface area contributed by atoms with Crippen molar-refractivity contribution in [3.05, 3.63) is 17.7 Å². The molecule has 0 radical (unpaired) electrons. The van der Waals surface area contributed by atoms with E-state index < -0.39 is 0 Å². The third-order valence-electron chi connectivity index (χ3n) is 4.20. The van der Waals surface area contributed by atoms with E-state index in [0.717, 1.165) is 25.1 Å². The molecule has 1 aromatic carbocycles. The zero-order chi connectivity index (χ0) is 16.8. The molecule has 1 aromatic rings. The molecule has 1 unspecified atom stereocenters. The quantitative estimate of drug-likeness (QED) is 0.665. The van der Waals surface area contributed by atoms with Gasteiger partial charge in [0, 0.05) is 25.2 Å². The van der Waals surface area contributed by atoms with E-state index in [1.807, 2.05) is 12.1 Å². The number of piperidine rings is 1. The van der Waals surface area contributed by atoms with E-state index in [0.29, 0.717) is 35.7 Å². The van der Waals surface area contributed by atoms with Crippen molar-refractivity contribution < 1.29 is 14.2 Å². The second kappa shape index (κ2) is 7.94. The number of methoxy groups -OCH3 is 3. The summed E-state index contributed by atoms with van der Waals surface area (Å²) in [5.74, 6) is 3.29. The minimum atomic E-state index is 0.410. The normalized spacial score (nSPS) is 18.7. The largest absolute Gasteiger partial charge is 0.496 e. The van der Waals surface area contributed by atoms with E-state index in [9.17, 15) is 0 Å². The van der Waals surface area contributed by atoms with Crippen molar-refractivity contribution in [3.63, 3.8) is 0 Å². The van der Waals surface area contributed by atoms with Crippen LogP contribution in [0.4, 0.5) is 0 Å². The first kappa shape index (κ1) is 17.2. The molecule has 1 aliphatic rings. The van der Waals surface area contributed by atoms with Crippen molar-refractivity contribution in [2.45, 2.75) is 26.3 Å². The number of rotatable bonds is 5. The van der Waals surface area contributed by atoms with Crippen LogP contribution in [-0.2, 0) is 6.54 Å². The lowest BCUT2D eigenvalue weighted by Crippen LogP contribution is -2.43. The molecule has 1 aliphatic heterocycles. The molecule has 0 aliphatic carbocycles. The molecular formula is C17H27N3O3. The fraction of sp³-hybridized carbons (Fsp3) is 0.588. The molecule has 1 saturated heterocycles. The Kier molecular flexibility index (Phi) is 5.96. The second-order valence-electron chi connectivity index (χ2n) is 5.88. The summed E-state index contributed by atoms with van der Waals surface area (Å²) in [6, 6.07) is 3.65. The molecule has 1 heterocycles. The van der Waals surface area contributed by atoms with Gasteiger partial charge in [-0.15, -0.1) is 0 Å². The molecule has 23 heavy (non-hydrogen) atoms. The Hall–Kier alpha value is -2.11. The summed E-state index contributed by atoms with van der Waals surface area (Å²) in [4.78, 5) is 6.69. The van der Waals surface area contributed by atoms with Gasteiger partial charge in [0.05, 0.1) is 33.4 Å². The highest BCUT2D eigenvalue weighted by molar-refractivity contribution is 5.78. The highest BCUT2D eigenvalue weighted by Crippen LogP contribution is 2.34. The van der Waals surface area contributed by atoms with E-state index in [2.05, 4.69) is 16.8 Å². The molecule has 1 atom stereocenters. The van der Waals surface area contributed by atoms with Gasteiger partial charge in [-0.2, -0.15) is 0 Å². The average molecular weight is 321 g/mol. The van der Waals surface area contributed by atoms with Crippen LogP contribution in [0.25, 0.3) is 0 Å². The number of ether oxygens (including phenoxy) is 3. The lowest BCUT2D eigenvalue weighted by atomic mass is 10.0. The van der Waals surface area contributed by atoms with Gasteiger partial charge < -0.3 is 24.8 Å². The van der Waals surface area contributed by atoms with Gasteiger partial charge in [-0.25, -0.2) is 4.99 Å². The van der Waals surface area contributed by atoms with Gasteiger partial charge in [0.2, 0.25) is 0 Å². The first-order valence-corrected chi connectivity index (χ1v) is 7.92. The van der Waals surface area contributed by atoms with Crippen molar-refractivity contribution in [1.29, 1.82) is 0 Å². The molecule has 2 rings (SSSR count). The topological polar surface area (TPSA) is 69.3 Å². The smallest absolute Gasteiger partial charge is 0.191 e. The fourth-order valence-corrected chi connectivity index (χ4v) is 2.89. The zero-order valence-electron chi connectivity index (χ0n) is 14.5. The molecular weight excluding hydrogens is 294 g/mol. The summed E-state index contributed by atoms with van der Waals surface area (Å²) >= 11 is 0. The number of nitrogens with two attached hydrogens (primary N) is 1.